The molecule has 1 aromatic carbocycles. The van der Waals surface area contributed by atoms with E-state index in [1.807, 2.05) is 5.32 Å². The van der Waals surface area contributed by atoms with Crippen LogP contribution in [0.2, 0.25) is 0 Å². The van der Waals surface area contributed by atoms with Gasteiger partial charge < -0.3 is 42.5 Å². The van der Waals surface area contributed by atoms with E-state index in [2.05, 4.69) is 31.2 Å². The minimum atomic E-state index is -1.41. The van der Waals surface area contributed by atoms with Crippen molar-refractivity contribution in [2.45, 2.75) is 12.1 Å². The van der Waals surface area contributed by atoms with Crippen LogP contribution in [0.5, 0.6) is 0 Å². The van der Waals surface area contributed by atoms with Crippen molar-refractivity contribution in [1.29, 1.82) is 0 Å². The molecule has 3 rings (SSSR count). The number of hydrogen-bond acceptors (Lipinski definition) is 9. The number of carboxylic acids is 1. The maximum absolute atomic E-state index is 12.3. The average molecular weight is 446 g/mol. The number of carbonyl (C=O) groups is 3. The highest BCUT2D eigenvalue weighted by Crippen LogP contribution is 2.20. The second-order valence-electron chi connectivity index (χ2n) is 6.91. The molecule has 2 atom stereocenters. The second-order valence-corrected chi connectivity index (χ2v) is 6.91. The van der Waals surface area contributed by atoms with Crippen molar-refractivity contribution in [2.24, 2.45) is 0 Å². The number of aromatic nitrogens is 2. The Balaban J connectivity index is 1.54. The van der Waals surface area contributed by atoms with Crippen LogP contribution in [0.25, 0.3) is 0 Å². The maximum Gasteiger partial charge on any atom is 0.404 e. The molecule has 0 spiro atoms. The van der Waals surface area contributed by atoms with Crippen molar-refractivity contribution in [3.8, 4) is 0 Å². The summed E-state index contributed by atoms with van der Waals surface area (Å²) in [4.78, 5) is 52.4. The predicted octanol–water partition coefficient (Wildman–Crippen LogP) is -0.879. The lowest BCUT2D eigenvalue weighted by Gasteiger charge is -2.27. The number of anilines is 4. The topological polar surface area (TPSA) is 224 Å². The van der Waals surface area contributed by atoms with Crippen LogP contribution in [-0.2, 0) is 4.79 Å². The standard InChI is InChI=1S/C18H22N8O6/c19-17-25-13-12(15(28)26-17)23-10(6-21-13)5-20-9-3-1-8(2-4-9)14(27)24-11(16(29)30)7-22-18(31)32/h1-4,10-11,20,22-23H,5-7H2,(H,24,27)(H,29,30)(H,31,32)(H4,19,21,25,26,28). The van der Waals surface area contributed by atoms with Gasteiger partial charge in [-0.05, 0) is 24.3 Å². The van der Waals surface area contributed by atoms with Crippen molar-refractivity contribution in [3.05, 3.63) is 40.2 Å². The highest BCUT2D eigenvalue weighted by Gasteiger charge is 2.22. The first-order valence-corrected chi connectivity index (χ1v) is 9.47. The molecule has 14 heteroatoms. The van der Waals surface area contributed by atoms with Gasteiger partial charge in [-0.1, -0.05) is 0 Å². The van der Waals surface area contributed by atoms with Crippen LogP contribution < -0.4 is 37.9 Å². The normalized spacial score (nSPS) is 15.3. The first-order valence-electron chi connectivity index (χ1n) is 9.47. The molecule has 0 saturated heterocycles. The molecule has 2 heterocycles. The Kier molecular flexibility index (Phi) is 6.62. The summed E-state index contributed by atoms with van der Waals surface area (Å²) in [6, 6.07) is 4.74. The van der Waals surface area contributed by atoms with E-state index in [-0.39, 0.29) is 23.1 Å². The van der Waals surface area contributed by atoms with Crippen molar-refractivity contribution in [3.63, 3.8) is 0 Å². The Morgan fingerprint density at radius 1 is 1.22 bits per heavy atom. The summed E-state index contributed by atoms with van der Waals surface area (Å²) >= 11 is 0. The Morgan fingerprint density at radius 3 is 2.59 bits per heavy atom. The fourth-order valence-electron chi connectivity index (χ4n) is 2.96. The second kappa shape index (κ2) is 9.55. The van der Waals surface area contributed by atoms with Crippen LogP contribution in [0.4, 0.5) is 27.9 Å². The van der Waals surface area contributed by atoms with E-state index in [0.717, 1.165) is 0 Å². The van der Waals surface area contributed by atoms with Crippen LogP contribution in [0, 0.1) is 0 Å². The summed E-state index contributed by atoms with van der Waals surface area (Å²) in [5.41, 5.74) is 6.35. The lowest BCUT2D eigenvalue weighted by Crippen LogP contribution is -2.48. The van der Waals surface area contributed by atoms with Crippen LogP contribution >= 0.6 is 0 Å². The summed E-state index contributed by atoms with van der Waals surface area (Å²) in [6.07, 6.45) is -1.39. The summed E-state index contributed by atoms with van der Waals surface area (Å²) < 4.78 is 0. The zero-order valence-electron chi connectivity index (χ0n) is 16.6. The quantitative estimate of drug-likeness (QED) is 0.242. The van der Waals surface area contributed by atoms with Gasteiger partial charge in [-0.15, -0.1) is 0 Å². The van der Waals surface area contributed by atoms with E-state index in [9.17, 15) is 19.2 Å². The van der Waals surface area contributed by atoms with Gasteiger partial charge in [0.15, 0.2) is 5.82 Å². The van der Waals surface area contributed by atoms with Crippen molar-refractivity contribution in [1.82, 2.24) is 20.6 Å². The number of amides is 2. The Morgan fingerprint density at radius 2 is 1.94 bits per heavy atom. The van der Waals surface area contributed by atoms with E-state index in [4.69, 9.17) is 15.9 Å². The van der Waals surface area contributed by atoms with Crippen LogP contribution in [0.3, 0.4) is 0 Å². The molecule has 2 unspecified atom stereocenters. The monoisotopic (exact) mass is 446 g/mol. The average Bonchev–Trinajstić information content (AvgIpc) is 2.75. The molecule has 2 amide bonds. The molecule has 0 bridgehead atoms. The van der Waals surface area contributed by atoms with Crippen LogP contribution in [0.1, 0.15) is 10.4 Å². The third kappa shape index (κ3) is 5.56. The molecule has 0 radical (unpaired) electrons. The number of carboxylic acid groups (broad SMARTS) is 2. The number of aliphatic carboxylic acids is 1. The van der Waals surface area contributed by atoms with Gasteiger partial charge in [0.05, 0.1) is 12.6 Å². The molecule has 1 aliphatic rings. The molecule has 10 N–H and O–H groups in total. The van der Waals surface area contributed by atoms with Gasteiger partial charge in [0.25, 0.3) is 11.5 Å². The number of rotatable bonds is 8. The Labute approximate surface area is 180 Å². The third-order valence-electron chi connectivity index (χ3n) is 4.56. The zero-order chi connectivity index (χ0) is 23.3. The predicted molar refractivity (Wildman–Crippen MR) is 115 cm³/mol. The number of benzene rings is 1. The molecule has 14 nitrogen and oxygen atoms in total. The van der Waals surface area contributed by atoms with Gasteiger partial charge >= 0.3 is 12.1 Å². The van der Waals surface area contributed by atoms with Crippen LogP contribution in [0.15, 0.2) is 29.1 Å². The number of carbonyl (C=O) groups excluding carboxylic acids is 1. The van der Waals surface area contributed by atoms with Crippen LogP contribution in [-0.4, -0.2) is 69.9 Å². The van der Waals surface area contributed by atoms with Gasteiger partial charge in [0.1, 0.15) is 11.7 Å². The van der Waals surface area contributed by atoms with Crippen molar-refractivity contribution < 1.29 is 24.6 Å². The Bertz CT molecular complexity index is 1070. The number of nitrogens with one attached hydrogen (secondary N) is 6. The molecule has 1 aliphatic heterocycles. The van der Waals surface area contributed by atoms with E-state index in [1.54, 1.807) is 12.1 Å². The van der Waals surface area contributed by atoms with Gasteiger partial charge in [0.2, 0.25) is 5.95 Å². The summed E-state index contributed by atoms with van der Waals surface area (Å²) in [7, 11) is 0. The number of aromatic amines is 1. The lowest BCUT2D eigenvalue weighted by molar-refractivity contribution is -0.139. The fraction of sp³-hybridized carbons (Fsp3) is 0.278. The number of nitrogens with zero attached hydrogens (tertiary/aromatic N) is 1. The molecule has 0 fully saturated rings. The highest BCUT2D eigenvalue weighted by molar-refractivity contribution is 5.97. The molecule has 0 aliphatic carbocycles. The van der Waals surface area contributed by atoms with Gasteiger partial charge in [-0.2, -0.15) is 4.98 Å². The molecule has 170 valence electrons. The number of H-pyrrole nitrogens is 1. The zero-order valence-corrected chi connectivity index (χ0v) is 16.6. The summed E-state index contributed by atoms with van der Waals surface area (Å²) in [6.45, 7) is 0.480. The van der Waals surface area contributed by atoms with Gasteiger partial charge in [-0.3, -0.25) is 14.6 Å². The minimum absolute atomic E-state index is 0.0246. The number of hydrogen-bond donors (Lipinski definition) is 9. The highest BCUT2D eigenvalue weighted by atomic mass is 16.4. The number of nitrogens with two attached hydrogens (primary N) is 1. The summed E-state index contributed by atoms with van der Waals surface area (Å²) in [5, 5.41) is 31.2. The molecular formula is C18H22N8O6. The Hall–Kier alpha value is -4.49. The molecule has 2 aromatic rings. The van der Waals surface area contributed by atoms with E-state index >= 15 is 0 Å². The molecular weight excluding hydrogens is 424 g/mol. The first-order chi connectivity index (χ1) is 15.2. The van der Waals surface area contributed by atoms with Crippen molar-refractivity contribution >= 4 is 41.1 Å². The SMILES string of the molecule is Nc1nc2c(c(=O)[nH]1)NC(CNc1ccc(C(=O)NC(CNC(=O)O)C(=O)O)cc1)CN2. The van der Waals surface area contributed by atoms with Gasteiger partial charge in [-0.25, -0.2) is 9.59 Å². The maximum atomic E-state index is 12.3. The third-order valence-corrected chi connectivity index (χ3v) is 4.56. The lowest BCUT2D eigenvalue weighted by atomic mass is 10.1. The molecule has 1 aromatic heterocycles. The minimum Gasteiger partial charge on any atom is -0.480 e. The van der Waals surface area contributed by atoms with Crippen molar-refractivity contribution in [2.75, 3.05) is 41.3 Å². The smallest absolute Gasteiger partial charge is 0.404 e. The van der Waals surface area contributed by atoms with E-state index in [1.165, 1.54) is 12.1 Å². The molecule has 32 heavy (non-hydrogen) atoms. The first kappa shape index (κ1) is 22.2. The molecule has 0 saturated carbocycles. The number of nitrogen functional groups attached to an aromatic ring is 1. The number of fused-ring (bicyclic) bond motifs is 1. The fourth-order valence-corrected chi connectivity index (χ4v) is 2.96. The largest absolute Gasteiger partial charge is 0.480 e. The van der Waals surface area contributed by atoms with Gasteiger partial charge in [0, 0.05) is 24.3 Å². The van der Waals surface area contributed by atoms with E-state index < -0.39 is 30.6 Å². The van der Waals surface area contributed by atoms with E-state index in [0.29, 0.717) is 30.3 Å². The summed E-state index contributed by atoms with van der Waals surface area (Å²) in [5.74, 6) is -1.61.